The van der Waals surface area contributed by atoms with Gasteiger partial charge in [-0.1, -0.05) is 20.8 Å². The zero-order valence-electron chi connectivity index (χ0n) is 11.7. The predicted molar refractivity (Wildman–Crippen MR) is 71.9 cm³/mol. The summed E-state index contributed by atoms with van der Waals surface area (Å²) in [7, 11) is 0. The average molecular weight is 229 g/mol. The van der Waals surface area contributed by atoms with Crippen LogP contribution in [0.5, 0.6) is 0 Å². The summed E-state index contributed by atoms with van der Waals surface area (Å²) in [5.74, 6) is 0.817. The quantitative estimate of drug-likeness (QED) is 0.547. The highest BCUT2D eigenvalue weighted by molar-refractivity contribution is 4.67. The molecule has 0 spiro atoms. The van der Waals surface area contributed by atoms with Gasteiger partial charge in [-0.15, -0.1) is 0 Å². The Morgan fingerprint density at radius 1 is 1.06 bits per heavy atom. The highest BCUT2D eigenvalue weighted by Gasteiger charge is 2.08. The number of hydrogen-bond donors (Lipinski definition) is 1. The van der Waals surface area contributed by atoms with Gasteiger partial charge in [-0.2, -0.15) is 0 Å². The Bertz CT molecular complexity index is 137. The van der Waals surface area contributed by atoms with Crippen LogP contribution in [0.1, 0.15) is 59.8 Å². The molecule has 2 heteroatoms. The molecule has 0 amide bonds. The van der Waals surface area contributed by atoms with Crippen molar-refractivity contribution in [2.24, 2.45) is 5.92 Å². The van der Waals surface area contributed by atoms with Crippen LogP contribution < -0.4 is 5.32 Å². The SMILES string of the molecule is CCCNC(CCCOCC)CCC(C)C. The fraction of sp³-hybridized carbons (Fsp3) is 1.00. The smallest absolute Gasteiger partial charge is 0.0466 e. The third-order valence-corrected chi connectivity index (χ3v) is 2.82. The molecule has 1 unspecified atom stereocenters. The van der Waals surface area contributed by atoms with Gasteiger partial charge in [-0.3, -0.25) is 0 Å². The number of nitrogens with one attached hydrogen (secondary N) is 1. The van der Waals surface area contributed by atoms with Gasteiger partial charge in [-0.25, -0.2) is 0 Å². The summed E-state index contributed by atoms with van der Waals surface area (Å²) in [5, 5.41) is 3.65. The van der Waals surface area contributed by atoms with E-state index in [1.54, 1.807) is 0 Å². The second-order valence-electron chi connectivity index (χ2n) is 4.96. The van der Waals surface area contributed by atoms with Crippen molar-refractivity contribution >= 4 is 0 Å². The molecule has 0 radical (unpaired) electrons. The molecular weight excluding hydrogens is 198 g/mol. The molecule has 0 bridgehead atoms. The lowest BCUT2D eigenvalue weighted by Crippen LogP contribution is -2.30. The molecule has 1 N–H and O–H groups in total. The van der Waals surface area contributed by atoms with Gasteiger partial charge in [0, 0.05) is 19.3 Å². The Morgan fingerprint density at radius 2 is 1.81 bits per heavy atom. The molecule has 98 valence electrons. The van der Waals surface area contributed by atoms with E-state index in [4.69, 9.17) is 4.74 Å². The van der Waals surface area contributed by atoms with E-state index < -0.39 is 0 Å². The summed E-state index contributed by atoms with van der Waals surface area (Å²) in [5.41, 5.74) is 0. The largest absolute Gasteiger partial charge is 0.382 e. The van der Waals surface area contributed by atoms with Gasteiger partial charge in [-0.05, 0) is 51.5 Å². The monoisotopic (exact) mass is 229 g/mol. The molecule has 0 aliphatic carbocycles. The molecule has 0 aliphatic rings. The van der Waals surface area contributed by atoms with E-state index >= 15 is 0 Å². The minimum Gasteiger partial charge on any atom is -0.382 e. The normalized spacial score (nSPS) is 13.3. The lowest BCUT2D eigenvalue weighted by Gasteiger charge is -2.19. The molecule has 0 fully saturated rings. The lowest BCUT2D eigenvalue weighted by molar-refractivity contribution is 0.140. The highest BCUT2D eigenvalue weighted by Crippen LogP contribution is 2.11. The Balaban J connectivity index is 3.62. The molecule has 0 aliphatic heterocycles. The zero-order valence-corrected chi connectivity index (χ0v) is 11.7. The summed E-state index contributed by atoms with van der Waals surface area (Å²) in [6.07, 6.45) is 6.31. The molecule has 0 rings (SSSR count). The fourth-order valence-corrected chi connectivity index (χ4v) is 1.81. The summed E-state index contributed by atoms with van der Waals surface area (Å²) in [6.45, 7) is 11.8. The standard InChI is InChI=1S/C14H31NO/c1-5-11-15-14(10-9-13(3)4)8-7-12-16-6-2/h13-15H,5-12H2,1-4H3. The Hall–Kier alpha value is -0.0800. The van der Waals surface area contributed by atoms with Gasteiger partial charge >= 0.3 is 0 Å². The van der Waals surface area contributed by atoms with E-state index in [2.05, 4.69) is 33.0 Å². The average Bonchev–Trinajstić information content (AvgIpc) is 2.26. The van der Waals surface area contributed by atoms with Crippen molar-refractivity contribution in [3.63, 3.8) is 0 Å². The maximum Gasteiger partial charge on any atom is 0.0466 e. The van der Waals surface area contributed by atoms with Crippen LogP contribution in [0.2, 0.25) is 0 Å². The van der Waals surface area contributed by atoms with E-state index in [1.807, 2.05) is 0 Å². The molecule has 0 heterocycles. The second-order valence-corrected chi connectivity index (χ2v) is 4.96. The van der Waals surface area contributed by atoms with Crippen molar-refractivity contribution in [2.75, 3.05) is 19.8 Å². The first-order valence-electron chi connectivity index (χ1n) is 7.01. The fourth-order valence-electron chi connectivity index (χ4n) is 1.81. The van der Waals surface area contributed by atoms with Crippen molar-refractivity contribution in [1.82, 2.24) is 5.32 Å². The predicted octanol–water partition coefficient (Wildman–Crippen LogP) is 3.61. The summed E-state index contributed by atoms with van der Waals surface area (Å²) < 4.78 is 5.39. The lowest BCUT2D eigenvalue weighted by atomic mass is 10.00. The van der Waals surface area contributed by atoms with Crippen LogP contribution >= 0.6 is 0 Å². The molecule has 0 aromatic rings. The molecule has 0 saturated carbocycles. The van der Waals surface area contributed by atoms with E-state index in [9.17, 15) is 0 Å². The van der Waals surface area contributed by atoms with Crippen LogP contribution in [0.25, 0.3) is 0 Å². The molecule has 0 aromatic heterocycles. The summed E-state index contributed by atoms with van der Waals surface area (Å²) >= 11 is 0. The summed E-state index contributed by atoms with van der Waals surface area (Å²) in [4.78, 5) is 0. The Labute approximate surface area is 102 Å². The Kier molecular flexibility index (Phi) is 11.3. The molecule has 16 heavy (non-hydrogen) atoms. The van der Waals surface area contributed by atoms with E-state index in [1.165, 1.54) is 32.1 Å². The maximum absolute atomic E-state index is 5.39. The number of hydrogen-bond acceptors (Lipinski definition) is 2. The topological polar surface area (TPSA) is 21.3 Å². The summed E-state index contributed by atoms with van der Waals surface area (Å²) in [6, 6.07) is 0.697. The van der Waals surface area contributed by atoms with Crippen LogP contribution in [-0.4, -0.2) is 25.8 Å². The minimum atomic E-state index is 0.697. The first kappa shape index (κ1) is 15.9. The van der Waals surface area contributed by atoms with Crippen LogP contribution in [0.15, 0.2) is 0 Å². The maximum atomic E-state index is 5.39. The third kappa shape index (κ3) is 10.4. The third-order valence-electron chi connectivity index (χ3n) is 2.82. The van der Waals surface area contributed by atoms with Crippen LogP contribution in [-0.2, 0) is 4.74 Å². The van der Waals surface area contributed by atoms with Gasteiger partial charge in [0.1, 0.15) is 0 Å². The van der Waals surface area contributed by atoms with Gasteiger partial charge in [0.05, 0.1) is 0 Å². The molecule has 0 saturated heterocycles. The van der Waals surface area contributed by atoms with E-state index in [0.717, 1.165) is 25.7 Å². The van der Waals surface area contributed by atoms with Crippen LogP contribution in [0.4, 0.5) is 0 Å². The van der Waals surface area contributed by atoms with Gasteiger partial charge in [0.15, 0.2) is 0 Å². The number of rotatable bonds is 11. The van der Waals surface area contributed by atoms with Crippen molar-refractivity contribution in [3.05, 3.63) is 0 Å². The molecule has 0 aromatic carbocycles. The van der Waals surface area contributed by atoms with Crippen molar-refractivity contribution in [2.45, 2.75) is 65.8 Å². The van der Waals surface area contributed by atoms with Crippen molar-refractivity contribution < 1.29 is 4.74 Å². The zero-order chi connectivity index (χ0) is 12.2. The second kappa shape index (κ2) is 11.4. The molecule has 1 atom stereocenters. The van der Waals surface area contributed by atoms with Gasteiger partial charge in [0.25, 0.3) is 0 Å². The van der Waals surface area contributed by atoms with Crippen LogP contribution in [0, 0.1) is 5.92 Å². The highest BCUT2D eigenvalue weighted by atomic mass is 16.5. The van der Waals surface area contributed by atoms with E-state index in [0.29, 0.717) is 6.04 Å². The van der Waals surface area contributed by atoms with E-state index in [-0.39, 0.29) is 0 Å². The van der Waals surface area contributed by atoms with Gasteiger partial charge < -0.3 is 10.1 Å². The van der Waals surface area contributed by atoms with Gasteiger partial charge in [0.2, 0.25) is 0 Å². The van der Waals surface area contributed by atoms with Crippen molar-refractivity contribution in [1.29, 1.82) is 0 Å². The number of ether oxygens (including phenoxy) is 1. The molecular formula is C14H31NO. The van der Waals surface area contributed by atoms with Crippen molar-refractivity contribution in [3.8, 4) is 0 Å². The van der Waals surface area contributed by atoms with Crippen LogP contribution in [0.3, 0.4) is 0 Å². The first-order chi connectivity index (χ1) is 7.70. The Morgan fingerprint density at radius 3 is 2.38 bits per heavy atom. The molecule has 2 nitrogen and oxygen atoms in total. The first-order valence-corrected chi connectivity index (χ1v) is 7.01. The minimum absolute atomic E-state index is 0.697.